The Hall–Kier alpha value is -4.01. The molecule has 184 valence electrons. The van der Waals surface area contributed by atoms with Crippen LogP contribution in [-0.2, 0) is 24.1 Å². The zero-order chi connectivity index (χ0) is 24.8. The van der Waals surface area contributed by atoms with E-state index in [4.69, 9.17) is 0 Å². The second-order valence-corrected chi connectivity index (χ2v) is 9.35. The number of fused-ring (bicyclic) bond motifs is 2. The number of rotatable bonds is 4. The van der Waals surface area contributed by atoms with E-state index in [0.29, 0.717) is 44.0 Å². The van der Waals surface area contributed by atoms with E-state index in [1.807, 2.05) is 30.5 Å². The summed E-state index contributed by atoms with van der Waals surface area (Å²) in [7, 11) is 0. The first-order valence-electron chi connectivity index (χ1n) is 12.2. The molecule has 3 heterocycles. The highest BCUT2D eigenvalue weighted by Crippen LogP contribution is 2.29. The molecule has 1 fully saturated rings. The first kappa shape index (κ1) is 22.5. The molecule has 1 aliphatic heterocycles. The highest BCUT2D eigenvalue weighted by Gasteiger charge is 2.32. The number of aromatic nitrogens is 3. The largest absolute Gasteiger partial charge is 0.361 e. The third kappa shape index (κ3) is 3.84. The molecule has 1 aliphatic carbocycles. The Labute approximate surface area is 206 Å². The van der Waals surface area contributed by atoms with Crippen LogP contribution in [0, 0.1) is 11.6 Å². The number of aromatic amines is 1. The summed E-state index contributed by atoms with van der Waals surface area (Å²) in [4.78, 5) is 33.1. The van der Waals surface area contributed by atoms with Gasteiger partial charge in [-0.05, 0) is 43.0 Å². The first-order chi connectivity index (χ1) is 17.5. The molecule has 0 saturated carbocycles. The summed E-state index contributed by atoms with van der Waals surface area (Å²) in [6, 6.07) is 11.5. The van der Waals surface area contributed by atoms with E-state index in [2.05, 4.69) is 10.1 Å². The highest BCUT2D eigenvalue weighted by atomic mass is 19.2. The van der Waals surface area contributed by atoms with Crippen molar-refractivity contribution in [3.8, 4) is 5.69 Å². The summed E-state index contributed by atoms with van der Waals surface area (Å²) in [6.07, 6.45) is 4.53. The van der Waals surface area contributed by atoms with Crippen molar-refractivity contribution < 1.29 is 18.4 Å². The number of carbonyl (C=O) groups is 2. The maximum atomic E-state index is 13.8. The topological polar surface area (TPSA) is 74.2 Å². The summed E-state index contributed by atoms with van der Waals surface area (Å²) in [5, 5.41) is 5.58. The van der Waals surface area contributed by atoms with Crippen LogP contribution in [0.3, 0.4) is 0 Å². The fourth-order valence-electron chi connectivity index (χ4n) is 5.30. The van der Waals surface area contributed by atoms with Crippen molar-refractivity contribution in [2.45, 2.75) is 25.7 Å². The SMILES string of the molecule is O=C(Cc1c[nH]c2ccccc12)N1CCN(C(=O)c2nn(-c3ccc(F)c(F)c3)c3c2CCC3)CC1. The van der Waals surface area contributed by atoms with Gasteiger partial charge in [0.05, 0.1) is 12.1 Å². The predicted octanol–water partition coefficient (Wildman–Crippen LogP) is 3.65. The monoisotopic (exact) mass is 489 g/mol. The lowest BCUT2D eigenvalue weighted by Gasteiger charge is -2.34. The zero-order valence-electron chi connectivity index (χ0n) is 19.6. The number of piperazine rings is 1. The number of nitrogens with zero attached hydrogens (tertiary/aromatic N) is 4. The number of benzene rings is 2. The molecule has 1 N–H and O–H groups in total. The molecule has 7 nitrogen and oxygen atoms in total. The lowest BCUT2D eigenvalue weighted by Crippen LogP contribution is -2.51. The number of halogens is 2. The molecule has 0 spiro atoms. The van der Waals surface area contributed by atoms with Crippen molar-refractivity contribution in [1.29, 1.82) is 0 Å². The van der Waals surface area contributed by atoms with Crippen LogP contribution in [0.25, 0.3) is 16.6 Å². The van der Waals surface area contributed by atoms with Crippen molar-refractivity contribution in [3.63, 3.8) is 0 Å². The molecule has 1 saturated heterocycles. The molecule has 0 radical (unpaired) electrons. The number of para-hydroxylation sites is 1. The predicted molar refractivity (Wildman–Crippen MR) is 130 cm³/mol. The van der Waals surface area contributed by atoms with Crippen molar-refractivity contribution in [3.05, 3.63) is 82.8 Å². The van der Waals surface area contributed by atoms with Gasteiger partial charge in [-0.2, -0.15) is 5.10 Å². The number of H-pyrrole nitrogens is 1. The minimum absolute atomic E-state index is 0.0374. The third-order valence-electron chi connectivity index (χ3n) is 7.22. The van der Waals surface area contributed by atoms with Crippen LogP contribution in [-0.4, -0.2) is 62.6 Å². The normalized spacial score (nSPS) is 15.5. The van der Waals surface area contributed by atoms with Gasteiger partial charge in [0, 0.05) is 60.6 Å². The average Bonchev–Trinajstić information content (AvgIpc) is 3.62. The van der Waals surface area contributed by atoms with Gasteiger partial charge in [0.2, 0.25) is 5.91 Å². The highest BCUT2D eigenvalue weighted by molar-refractivity contribution is 5.95. The van der Waals surface area contributed by atoms with Crippen molar-refractivity contribution >= 4 is 22.7 Å². The fourth-order valence-corrected chi connectivity index (χ4v) is 5.30. The van der Waals surface area contributed by atoms with Crippen LogP contribution in [0.5, 0.6) is 0 Å². The molecule has 4 aromatic rings. The Morgan fingerprint density at radius 2 is 1.72 bits per heavy atom. The van der Waals surface area contributed by atoms with Gasteiger partial charge in [-0.1, -0.05) is 18.2 Å². The molecule has 2 aromatic heterocycles. The van der Waals surface area contributed by atoms with E-state index in [9.17, 15) is 18.4 Å². The minimum atomic E-state index is -0.948. The zero-order valence-corrected chi connectivity index (χ0v) is 19.6. The number of hydrogen-bond acceptors (Lipinski definition) is 3. The minimum Gasteiger partial charge on any atom is -0.361 e. The van der Waals surface area contributed by atoms with Gasteiger partial charge in [0.1, 0.15) is 0 Å². The van der Waals surface area contributed by atoms with Crippen molar-refractivity contribution in [2.75, 3.05) is 26.2 Å². The fraction of sp³-hybridized carbons (Fsp3) is 0.296. The molecule has 0 atom stereocenters. The number of carbonyl (C=O) groups excluding carboxylic acids is 2. The smallest absolute Gasteiger partial charge is 0.274 e. The summed E-state index contributed by atoms with van der Waals surface area (Å²) < 4.78 is 28.8. The van der Waals surface area contributed by atoms with E-state index in [0.717, 1.165) is 59.1 Å². The second-order valence-electron chi connectivity index (χ2n) is 9.35. The number of amides is 2. The summed E-state index contributed by atoms with van der Waals surface area (Å²) in [6.45, 7) is 1.76. The molecule has 2 aromatic carbocycles. The molecule has 6 rings (SSSR count). The Kier molecular flexibility index (Phi) is 5.55. The maximum Gasteiger partial charge on any atom is 0.274 e. The van der Waals surface area contributed by atoms with Gasteiger partial charge in [0.15, 0.2) is 17.3 Å². The van der Waals surface area contributed by atoms with Gasteiger partial charge < -0.3 is 14.8 Å². The summed E-state index contributed by atoms with van der Waals surface area (Å²) in [5.41, 5.74) is 4.49. The van der Waals surface area contributed by atoms with Gasteiger partial charge >= 0.3 is 0 Å². The standard InChI is InChI=1S/C27H25F2N5O2/c28-21-9-8-18(15-22(21)29)34-24-7-3-5-20(24)26(31-34)27(36)33-12-10-32(11-13-33)25(35)14-17-16-30-23-6-2-1-4-19(17)23/h1-2,4,6,8-9,15-16,30H,3,5,7,10-14H2. The molecular weight excluding hydrogens is 464 g/mol. The van der Waals surface area contributed by atoms with E-state index in [-0.39, 0.29) is 11.8 Å². The third-order valence-corrected chi connectivity index (χ3v) is 7.22. The van der Waals surface area contributed by atoms with Gasteiger partial charge in [-0.25, -0.2) is 13.5 Å². The molecule has 9 heteroatoms. The van der Waals surface area contributed by atoms with Crippen LogP contribution in [0.1, 0.15) is 33.7 Å². The van der Waals surface area contributed by atoms with E-state index in [1.165, 1.54) is 6.07 Å². The molecule has 0 bridgehead atoms. The Bertz CT molecular complexity index is 1480. The second kappa shape index (κ2) is 8.89. The van der Waals surface area contributed by atoms with Crippen molar-refractivity contribution in [2.24, 2.45) is 0 Å². The first-order valence-corrected chi connectivity index (χ1v) is 12.2. The summed E-state index contributed by atoms with van der Waals surface area (Å²) in [5.74, 6) is -2.01. The molecule has 0 unspecified atom stereocenters. The van der Waals surface area contributed by atoms with Crippen LogP contribution >= 0.6 is 0 Å². The lowest BCUT2D eigenvalue weighted by atomic mass is 10.1. The van der Waals surface area contributed by atoms with Gasteiger partial charge in [-0.3, -0.25) is 9.59 Å². The van der Waals surface area contributed by atoms with Crippen LogP contribution in [0.2, 0.25) is 0 Å². The van der Waals surface area contributed by atoms with E-state index < -0.39 is 11.6 Å². The molecule has 2 amide bonds. The van der Waals surface area contributed by atoms with Crippen LogP contribution < -0.4 is 0 Å². The van der Waals surface area contributed by atoms with Crippen LogP contribution in [0.15, 0.2) is 48.7 Å². The Balaban J connectivity index is 1.15. The average molecular weight is 490 g/mol. The molecular formula is C27H25F2N5O2. The van der Waals surface area contributed by atoms with E-state index in [1.54, 1.807) is 14.5 Å². The van der Waals surface area contributed by atoms with Crippen LogP contribution in [0.4, 0.5) is 8.78 Å². The van der Waals surface area contributed by atoms with E-state index >= 15 is 0 Å². The molecule has 2 aliphatic rings. The number of hydrogen-bond donors (Lipinski definition) is 1. The number of nitrogens with one attached hydrogen (secondary N) is 1. The molecule has 36 heavy (non-hydrogen) atoms. The van der Waals surface area contributed by atoms with Crippen molar-refractivity contribution in [1.82, 2.24) is 24.6 Å². The van der Waals surface area contributed by atoms with Gasteiger partial charge in [-0.15, -0.1) is 0 Å². The van der Waals surface area contributed by atoms with Gasteiger partial charge in [0.25, 0.3) is 5.91 Å². The maximum absolute atomic E-state index is 13.8. The lowest BCUT2D eigenvalue weighted by molar-refractivity contribution is -0.131. The summed E-state index contributed by atoms with van der Waals surface area (Å²) >= 11 is 0. The Morgan fingerprint density at radius 1 is 0.944 bits per heavy atom. The quantitative estimate of drug-likeness (QED) is 0.476. The Morgan fingerprint density at radius 3 is 2.53 bits per heavy atom.